The second kappa shape index (κ2) is 8.13. The van der Waals surface area contributed by atoms with Crippen molar-refractivity contribution in [2.75, 3.05) is 0 Å². The van der Waals surface area contributed by atoms with Crippen LogP contribution in [0.5, 0.6) is 0 Å². The smallest absolute Gasteiger partial charge is 0.267 e. The molecule has 0 radical (unpaired) electrons. The molecule has 31 heavy (non-hydrogen) atoms. The zero-order chi connectivity index (χ0) is 22.3. The summed E-state index contributed by atoms with van der Waals surface area (Å²) in [5.74, 6) is -0.173. The lowest BCUT2D eigenvalue weighted by atomic mass is 9.93. The normalized spacial score (nSPS) is 15.3. The Balaban J connectivity index is 1.59. The third-order valence-electron chi connectivity index (χ3n) is 5.39. The van der Waals surface area contributed by atoms with Gasteiger partial charge in [-0.2, -0.15) is 10.2 Å². The number of amides is 1. The number of carbonyl (C=O) groups is 1. The first-order valence-corrected chi connectivity index (χ1v) is 10.9. The maximum absolute atomic E-state index is 13.3. The van der Waals surface area contributed by atoms with Crippen molar-refractivity contribution in [1.29, 1.82) is 0 Å². The van der Waals surface area contributed by atoms with Crippen molar-refractivity contribution in [2.45, 2.75) is 46.2 Å². The number of aryl methyl sites for hydroxylation is 2. The maximum Gasteiger partial charge on any atom is 0.277 e. The summed E-state index contributed by atoms with van der Waals surface area (Å²) >= 11 is 12.4. The van der Waals surface area contributed by atoms with Crippen LogP contribution in [0.3, 0.4) is 0 Å². The molecule has 0 N–H and O–H groups in total. The van der Waals surface area contributed by atoms with E-state index in [2.05, 4.69) is 37.1 Å². The number of carbonyl (C=O) groups excluding carboxylic acids is 1. The summed E-state index contributed by atoms with van der Waals surface area (Å²) in [6, 6.07) is 11.8. The molecule has 0 spiro atoms. The van der Waals surface area contributed by atoms with Gasteiger partial charge in [0.05, 0.1) is 39.6 Å². The predicted octanol–water partition coefficient (Wildman–Crippen LogP) is 5.88. The lowest BCUT2D eigenvalue weighted by Crippen LogP contribution is -2.40. The summed E-state index contributed by atoms with van der Waals surface area (Å²) in [6.07, 6.45) is 3.98. The van der Waals surface area contributed by atoms with Gasteiger partial charge in [0.15, 0.2) is 0 Å². The highest BCUT2D eigenvalue weighted by molar-refractivity contribution is 6.42. The Morgan fingerprint density at radius 1 is 1.13 bits per heavy atom. The summed E-state index contributed by atoms with van der Waals surface area (Å²) in [7, 11) is 0. The minimum atomic E-state index is -0.428. The van der Waals surface area contributed by atoms with E-state index in [1.54, 1.807) is 28.2 Å². The molecule has 0 bridgehead atoms. The van der Waals surface area contributed by atoms with Crippen LogP contribution in [-0.4, -0.2) is 31.9 Å². The molecule has 5 nitrogen and oxygen atoms in total. The Hall–Kier alpha value is -2.63. The first kappa shape index (κ1) is 21.6. The molecule has 3 aromatic rings. The van der Waals surface area contributed by atoms with Crippen LogP contribution in [-0.2, 0) is 6.54 Å². The van der Waals surface area contributed by atoms with Crippen molar-refractivity contribution in [3.05, 3.63) is 86.7 Å². The van der Waals surface area contributed by atoms with Crippen LogP contribution in [0.2, 0.25) is 10.0 Å². The van der Waals surface area contributed by atoms with Gasteiger partial charge in [-0.1, -0.05) is 64.7 Å². The van der Waals surface area contributed by atoms with Gasteiger partial charge in [0.25, 0.3) is 5.91 Å². The van der Waals surface area contributed by atoms with E-state index in [1.807, 2.05) is 26.0 Å². The van der Waals surface area contributed by atoms with Crippen LogP contribution in [0.4, 0.5) is 0 Å². The maximum atomic E-state index is 13.3. The second-order valence-corrected chi connectivity index (χ2v) is 9.45. The summed E-state index contributed by atoms with van der Waals surface area (Å²) in [5.41, 5.74) is 5.24. The van der Waals surface area contributed by atoms with Gasteiger partial charge >= 0.3 is 0 Å². The van der Waals surface area contributed by atoms with E-state index in [0.29, 0.717) is 28.6 Å². The van der Waals surface area contributed by atoms with Crippen molar-refractivity contribution < 1.29 is 4.79 Å². The summed E-state index contributed by atoms with van der Waals surface area (Å²) < 4.78 is 1.68. The van der Waals surface area contributed by atoms with Crippen molar-refractivity contribution in [2.24, 2.45) is 5.10 Å². The van der Waals surface area contributed by atoms with E-state index in [9.17, 15) is 4.79 Å². The molecular weight excluding hydrogens is 431 g/mol. The lowest BCUT2D eigenvalue weighted by molar-refractivity contribution is 0.0612. The van der Waals surface area contributed by atoms with Gasteiger partial charge < -0.3 is 0 Å². The van der Waals surface area contributed by atoms with Crippen LogP contribution in [0.1, 0.15) is 52.9 Å². The molecule has 0 fully saturated rings. The van der Waals surface area contributed by atoms with E-state index < -0.39 is 5.54 Å². The number of rotatable bonds is 4. The van der Waals surface area contributed by atoms with Gasteiger partial charge in [-0.3, -0.25) is 9.48 Å². The van der Waals surface area contributed by atoms with Crippen LogP contribution in [0.15, 0.2) is 53.9 Å². The Labute approximate surface area is 192 Å². The minimum Gasteiger partial charge on any atom is -0.267 e. The van der Waals surface area contributed by atoms with Gasteiger partial charge in [-0.25, -0.2) is 5.01 Å². The average Bonchev–Trinajstić information content (AvgIpc) is 3.28. The quantitative estimate of drug-likeness (QED) is 0.493. The van der Waals surface area contributed by atoms with E-state index in [4.69, 9.17) is 28.3 Å². The van der Waals surface area contributed by atoms with E-state index in [-0.39, 0.29) is 5.91 Å². The summed E-state index contributed by atoms with van der Waals surface area (Å²) in [5, 5.41) is 11.6. The van der Waals surface area contributed by atoms with Crippen molar-refractivity contribution in [3.63, 3.8) is 0 Å². The van der Waals surface area contributed by atoms with Crippen LogP contribution >= 0.6 is 23.2 Å². The SMILES string of the molecule is Cc1cc(C)cc(C2=NN(C(=O)c3cnn(Cc4cccc(Cl)c4Cl)c3)C(C)(C)C2)c1. The second-order valence-electron chi connectivity index (χ2n) is 8.67. The summed E-state index contributed by atoms with van der Waals surface area (Å²) in [4.78, 5) is 13.3. The highest BCUT2D eigenvalue weighted by Crippen LogP contribution is 2.32. The lowest BCUT2D eigenvalue weighted by Gasteiger charge is -2.28. The molecule has 2 aromatic carbocycles. The highest BCUT2D eigenvalue weighted by Gasteiger charge is 2.39. The number of halogens is 2. The van der Waals surface area contributed by atoms with Crippen molar-refractivity contribution in [1.82, 2.24) is 14.8 Å². The largest absolute Gasteiger partial charge is 0.277 e. The number of nitrogens with zero attached hydrogens (tertiary/aromatic N) is 4. The molecule has 1 amide bonds. The average molecular weight is 455 g/mol. The molecule has 1 aliphatic heterocycles. The minimum absolute atomic E-state index is 0.173. The van der Waals surface area contributed by atoms with E-state index in [0.717, 1.165) is 16.8 Å². The zero-order valence-corrected chi connectivity index (χ0v) is 19.5. The monoisotopic (exact) mass is 454 g/mol. The van der Waals surface area contributed by atoms with Gasteiger partial charge in [-0.05, 0) is 44.9 Å². The third-order valence-corrected chi connectivity index (χ3v) is 6.24. The van der Waals surface area contributed by atoms with Crippen molar-refractivity contribution in [3.8, 4) is 0 Å². The van der Waals surface area contributed by atoms with Gasteiger partial charge in [0.1, 0.15) is 0 Å². The fourth-order valence-corrected chi connectivity index (χ4v) is 4.31. The van der Waals surface area contributed by atoms with Crippen LogP contribution < -0.4 is 0 Å². The Bertz CT molecular complexity index is 1180. The van der Waals surface area contributed by atoms with E-state index >= 15 is 0 Å². The Kier molecular flexibility index (Phi) is 5.67. The Morgan fingerprint density at radius 3 is 2.55 bits per heavy atom. The first-order chi connectivity index (χ1) is 14.6. The molecule has 4 rings (SSSR count). The van der Waals surface area contributed by atoms with Crippen LogP contribution in [0.25, 0.3) is 0 Å². The zero-order valence-electron chi connectivity index (χ0n) is 18.0. The van der Waals surface area contributed by atoms with E-state index in [1.165, 1.54) is 11.1 Å². The molecular formula is C24H24Cl2N4O. The molecule has 1 aliphatic rings. The predicted molar refractivity (Wildman–Crippen MR) is 125 cm³/mol. The third kappa shape index (κ3) is 4.39. The van der Waals surface area contributed by atoms with Gasteiger partial charge in [0, 0.05) is 12.6 Å². The topological polar surface area (TPSA) is 50.5 Å². The molecule has 0 atom stereocenters. The number of hydrogen-bond acceptors (Lipinski definition) is 3. The fraction of sp³-hybridized carbons (Fsp3) is 0.292. The Morgan fingerprint density at radius 2 is 1.84 bits per heavy atom. The van der Waals surface area contributed by atoms with Gasteiger partial charge in [-0.15, -0.1) is 0 Å². The number of hydrazone groups is 1. The molecule has 2 heterocycles. The first-order valence-electron chi connectivity index (χ1n) is 10.1. The number of hydrogen-bond donors (Lipinski definition) is 0. The molecule has 0 unspecified atom stereocenters. The number of aromatic nitrogens is 2. The molecule has 0 aliphatic carbocycles. The van der Waals surface area contributed by atoms with Gasteiger partial charge in [0.2, 0.25) is 0 Å². The molecule has 7 heteroatoms. The molecule has 1 aromatic heterocycles. The van der Waals surface area contributed by atoms with Crippen LogP contribution in [0, 0.1) is 13.8 Å². The summed E-state index contributed by atoms with van der Waals surface area (Å²) in [6.45, 7) is 8.62. The molecule has 0 saturated carbocycles. The number of benzene rings is 2. The van der Waals surface area contributed by atoms with Crippen molar-refractivity contribution >= 4 is 34.8 Å². The highest BCUT2D eigenvalue weighted by atomic mass is 35.5. The molecule has 0 saturated heterocycles. The standard InChI is InChI=1S/C24H24Cl2N4O/c1-15-8-16(2)10-18(9-15)21-11-24(3,4)30(28-21)23(31)19-12-27-29(14-19)13-17-6-5-7-20(25)22(17)26/h5-10,12,14H,11,13H2,1-4H3. The molecule has 160 valence electrons. The fourth-order valence-electron chi connectivity index (χ4n) is 3.93.